The van der Waals surface area contributed by atoms with Gasteiger partial charge in [0.2, 0.25) is 0 Å². The molecule has 12 aromatic rings. The van der Waals surface area contributed by atoms with Gasteiger partial charge in [-0.25, -0.2) is 0 Å². The Hall–Kier alpha value is -8.58. The van der Waals surface area contributed by atoms with Crippen LogP contribution in [0.3, 0.4) is 0 Å². The smallest absolute Gasteiger partial charge is 0.00926 e. The summed E-state index contributed by atoms with van der Waals surface area (Å²) in [5.41, 5.74) is 19.3. The summed E-state index contributed by atoms with van der Waals surface area (Å²) in [6.07, 6.45) is 0. The first-order valence-electron chi connectivity index (χ1n) is 22.8. The predicted octanol–water partition coefficient (Wildman–Crippen LogP) is 18.5. The molecule has 0 heterocycles. The van der Waals surface area contributed by atoms with Crippen molar-refractivity contribution >= 4 is 32.3 Å². The van der Waals surface area contributed by atoms with Crippen molar-refractivity contribution in [2.45, 2.75) is 0 Å². The van der Waals surface area contributed by atoms with Crippen molar-refractivity contribution in [3.05, 3.63) is 267 Å². The zero-order valence-electron chi connectivity index (χ0n) is 36.4. The Morgan fingerprint density at radius 3 is 0.727 bits per heavy atom. The molecule has 0 N–H and O–H groups in total. The number of hydrogen-bond donors (Lipinski definition) is 0. The first-order chi connectivity index (χ1) is 32.7. The molecule has 0 amide bonds. The van der Waals surface area contributed by atoms with Gasteiger partial charge in [0.15, 0.2) is 0 Å². The quantitative estimate of drug-likeness (QED) is 0.143. The number of fused-ring (bicyclic) bond motifs is 3. The van der Waals surface area contributed by atoms with Gasteiger partial charge in [-0.2, -0.15) is 0 Å². The summed E-state index contributed by atoms with van der Waals surface area (Å²) < 4.78 is 0. The van der Waals surface area contributed by atoms with Crippen LogP contribution in [0.25, 0.3) is 121 Å². The van der Waals surface area contributed by atoms with Gasteiger partial charge < -0.3 is 0 Å². The second-order valence-corrected chi connectivity index (χ2v) is 17.3. The Morgan fingerprint density at radius 2 is 0.394 bits per heavy atom. The van der Waals surface area contributed by atoms with Crippen LogP contribution in [0.15, 0.2) is 267 Å². The van der Waals surface area contributed by atoms with E-state index in [9.17, 15) is 0 Å². The molecule has 0 aliphatic carbocycles. The molecule has 0 radical (unpaired) electrons. The summed E-state index contributed by atoms with van der Waals surface area (Å²) in [5.74, 6) is 0. The van der Waals surface area contributed by atoms with Crippen molar-refractivity contribution in [3.63, 3.8) is 0 Å². The highest BCUT2D eigenvalue weighted by atomic mass is 14.2. The molecule has 0 heteroatoms. The topological polar surface area (TPSA) is 0 Å². The predicted molar refractivity (Wildman–Crippen MR) is 282 cm³/mol. The molecule has 0 nitrogen and oxygen atoms in total. The Balaban J connectivity index is 0.963. The first kappa shape index (κ1) is 39.0. The van der Waals surface area contributed by atoms with E-state index in [1.165, 1.54) is 121 Å². The summed E-state index contributed by atoms with van der Waals surface area (Å²) in [4.78, 5) is 0. The van der Waals surface area contributed by atoms with E-state index in [4.69, 9.17) is 0 Å². The Bertz CT molecular complexity index is 3470. The van der Waals surface area contributed by atoms with Crippen LogP contribution in [0.4, 0.5) is 0 Å². The molecule has 0 fully saturated rings. The zero-order valence-corrected chi connectivity index (χ0v) is 36.4. The molecule has 0 unspecified atom stereocenters. The van der Waals surface area contributed by atoms with E-state index in [1.54, 1.807) is 0 Å². The minimum absolute atomic E-state index is 1.19. The molecular weight excluding hydrogens is 793 g/mol. The van der Waals surface area contributed by atoms with Gasteiger partial charge in [0.25, 0.3) is 0 Å². The lowest BCUT2D eigenvalue weighted by Gasteiger charge is -2.18. The van der Waals surface area contributed by atoms with Crippen LogP contribution in [-0.2, 0) is 0 Å². The lowest BCUT2D eigenvalue weighted by atomic mass is 9.86. The van der Waals surface area contributed by atoms with Crippen molar-refractivity contribution in [1.29, 1.82) is 0 Å². The van der Waals surface area contributed by atoms with Crippen LogP contribution in [0.5, 0.6) is 0 Å². The highest BCUT2D eigenvalue weighted by Crippen LogP contribution is 2.43. The van der Waals surface area contributed by atoms with Crippen molar-refractivity contribution in [3.8, 4) is 89.0 Å². The molecule has 0 bridgehead atoms. The van der Waals surface area contributed by atoms with E-state index in [0.29, 0.717) is 0 Å². The third kappa shape index (κ3) is 7.55. The van der Waals surface area contributed by atoms with Crippen LogP contribution in [-0.4, -0.2) is 0 Å². The molecule has 0 saturated heterocycles. The van der Waals surface area contributed by atoms with Crippen LogP contribution in [0.1, 0.15) is 0 Å². The van der Waals surface area contributed by atoms with Gasteiger partial charge in [0, 0.05) is 0 Å². The van der Waals surface area contributed by atoms with E-state index in [-0.39, 0.29) is 0 Å². The summed E-state index contributed by atoms with van der Waals surface area (Å²) in [6, 6.07) is 97.9. The maximum atomic E-state index is 2.41. The number of rotatable bonds is 8. The van der Waals surface area contributed by atoms with Crippen LogP contribution < -0.4 is 0 Å². The summed E-state index contributed by atoms with van der Waals surface area (Å²) >= 11 is 0. The molecule has 0 saturated carbocycles. The fourth-order valence-electron chi connectivity index (χ4n) is 9.74. The third-order valence-corrected chi connectivity index (χ3v) is 13.2. The van der Waals surface area contributed by atoms with Crippen LogP contribution in [0.2, 0.25) is 0 Å². The lowest BCUT2D eigenvalue weighted by molar-refractivity contribution is 1.58. The summed E-state index contributed by atoms with van der Waals surface area (Å²) in [6.45, 7) is 0. The molecule has 0 aliphatic rings. The van der Waals surface area contributed by atoms with Crippen molar-refractivity contribution in [2.24, 2.45) is 0 Å². The maximum absolute atomic E-state index is 2.41. The fraction of sp³-hybridized carbons (Fsp3) is 0. The molecule has 0 aliphatic heterocycles. The maximum Gasteiger partial charge on any atom is -0.00926 e. The van der Waals surface area contributed by atoms with Gasteiger partial charge in [-0.3, -0.25) is 0 Å². The van der Waals surface area contributed by atoms with Gasteiger partial charge >= 0.3 is 0 Å². The second kappa shape index (κ2) is 16.8. The van der Waals surface area contributed by atoms with Gasteiger partial charge in [-0.05, 0) is 182 Å². The number of hydrogen-bond acceptors (Lipinski definition) is 0. The Kier molecular flexibility index (Phi) is 9.97. The van der Waals surface area contributed by atoms with E-state index < -0.39 is 0 Å². The lowest BCUT2D eigenvalue weighted by Crippen LogP contribution is -1.91. The SMILES string of the molecule is c1ccc(-c2ccc3cc(-c4cccc(-c5cc(-c6ccccc6)c6cc(-c7cccc(-c8ccc9cc(-c%10ccccc%10)ccc9c8)c7)cc(-c7ccccc7)c6c5)c4)ccc3c2)cc1. The standard InChI is InChI=1S/C66H44/c1-5-15-45(16-6-1)53-27-29-59-39-55(31-33-57(59)37-53)49-23-13-25-51(35-49)61-41-63(47-19-9-3-10-20-47)66-44-62(42-64(65(66)43-61)48-21-11-4-12-22-48)52-26-14-24-50(36-52)56-32-34-58-38-54(28-30-60(58)40-56)46-17-7-2-8-18-46/h1-44H. The molecule has 12 rings (SSSR count). The minimum atomic E-state index is 1.19. The van der Waals surface area contributed by atoms with E-state index in [0.717, 1.165) is 0 Å². The van der Waals surface area contributed by atoms with Gasteiger partial charge in [-0.15, -0.1) is 0 Å². The molecule has 0 aromatic heterocycles. The summed E-state index contributed by atoms with van der Waals surface area (Å²) in [5, 5.41) is 7.41. The number of benzene rings is 12. The van der Waals surface area contributed by atoms with Crippen LogP contribution in [0, 0.1) is 0 Å². The third-order valence-electron chi connectivity index (χ3n) is 13.2. The van der Waals surface area contributed by atoms with Crippen molar-refractivity contribution in [2.75, 3.05) is 0 Å². The minimum Gasteiger partial charge on any atom is -0.0622 e. The van der Waals surface area contributed by atoms with Gasteiger partial charge in [-0.1, -0.05) is 206 Å². The molecule has 308 valence electrons. The van der Waals surface area contributed by atoms with E-state index in [1.807, 2.05) is 0 Å². The summed E-state index contributed by atoms with van der Waals surface area (Å²) in [7, 11) is 0. The molecular formula is C66H44. The average molecular weight is 837 g/mol. The second-order valence-electron chi connectivity index (χ2n) is 17.3. The van der Waals surface area contributed by atoms with Crippen LogP contribution >= 0.6 is 0 Å². The van der Waals surface area contributed by atoms with Crippen molar-refractivity contribution < 1.29 is 0 Å². The molecule has 66 heavy (non-hydrogen) atoms. The average Bonchev–Trinajstić information content (AvgIpc) is 3.40. The van der Waals surface area contributed by atoms with E-state index in [2.05, 4.69) is 267 Å². The monoisotopic (exact) mass is 836 g/mol. The van der Waals surface area contributed by atoms with Gasteiger partial charge in [0.1, 0.15) is 0 Å². The normalized spacial score (nSPS) is 11.3. The largest absolute Gasteiger partial charge is 0.0622 e. The highest BCUT2D eigenvalue weighted by Gasteiger charge is 2.16. The molecule has 0 atom stereocenters. The molecule has 12 aromatic carbocycles. The Labute approximate surface area is 386 Å². The zero-order chi connectivity index (χ0) is 43.8. The highest BCUT2D eigenvalue weighted by molar-refractivity contribution is 6.09. The van der Waals surface area contributed by atoms with Gasteiger partial charge in [0.05, 0.1) is 0 Å². The Morgan fingerprint density at radius 1 is 0.136 bits per heavy atom. The van der Waals surface area contributed by atoms with Crippen molar-refractivity contribution in [1.82, 2.24) is 0 Å². The first-order valence-corrected chi connectivity index (χ1v) is 22.8. The fourth-order valence-corrected chi connectivity index (χ4v) is 9.74. The molecule has 0 spiro atoms. The van der Waals surface area contributed by atoms with E-state index >= 15 is 0 Å².